The van der Waals surface area contributed by atoms with E-state index in [1.807, 2.05) is 24.3 Å². The van der Waals surface area contributed by atoms with Crippen LogP contribution in [0.5, 0.6) is 17.2 Å². The van der Waals surface area contributed by atoms with Crippen molar-refractivity contribution >= 4 is 21.6 Å². The van der Waals surface area contributed by atoms with Gasteiger partial charge in [0.15, 0.2) is 0 Å². The van der Waals surface area contributed by atoms with E-state index in [1.54, 1.807) is 14.2 Å². The normalized spacial score (nSPS) is 26.0. The second-order valence-electron chi connectivity index (χ2n) is 8.94. The van der Waals surface area contributed by atoms with Gasteiger partial charge in [-0.3, -0.25) is 0 Å². The zero-order valence-electron chi connectivity index (χ0n) is 18.3. The molecule has 0 saturated carbocycles. The van der Waals surface area contributed by atoms with Crippen LogP contribution in [0.4, 0.5) is 0 Å². The van der Waals surface area contributed by atoms with Crippen molar-refractivity contribution in [1.29, 1.82) is 0 Å². The fourth-order valence-electron chi connectivity index (χ4n) is 5.03. The summed E-state index contributed by atoms with van der Waals surface area (Å²) in [4.78, 5) is 0. The number of rotatable bonds is 3. The number of hydrazone groups is 1. The number of nitrogens with zero attached hydrogens (tertiary/aromatic N) is 2. The highest BCUT2D eigenvalue weighted by atomic mass is 79.9. The fraction of sp³-hybridized carbons (Fsp3) is 0.458. The molecule has 0 unspecified atom stereocenters. The molecular weight excluding hydrogens is 460 g/mol. The van der Waals surface area contributed by atoms with E-state index in [2.05, 4.69) is 46.9 Å². The second kappa shape index (κ2) is 7.41. The third kappa shape index (κ3) is 3.48. The molecule has 2 aromatic rings. The van der Waals surface area contributed by atoms with Crippen LogP contribution < -0.4 is 14.2 Å². The Bertz CT molecular complexity index is 1050. The van der Waals surface area contributed by atoms with Crippen LogP contribution in [-0.4, -0.2) is 42.9 Å². The Kier molecular flexibility index (Phi) is 4.94. The average Bonchev–Trinajstić information content (AvgIpc) is 3.20. The summed E-state index contributed by atoms with van der Waals surface area (Å²) >= 11 is 3.63. The number of methoxy groups -OCH3 is 2. The van der Waals surface area contributed by atoms with Crippen LogP contribution in [0, 0.1) is 0 Å². The van der Waals surface area contributed by atoms with Crippen LogP contribution in [0.2, 0.25) is 0 Å². The maximum atomic E-state index is 6.71. The van der Waals surface area contributed by atoms with E-state index in [4.69, 9.17) is 24.0 Å². The molecule has 2 aromatic carbocycles. The van der Waals surface area contributed by atoms with E-state index in [9.17, 15) is 0 Å². The van der Waals surface area contributed by atoms with Gasteiger partial charge in [-0.1, -0.05) is 15.9 Å². The first-order valence-electron chi connectivity index (χ1n) is 10.6. The number of benzene rings is 2. The third-order valence-corrected chi connectivity index (χ3v) is 6.86. The number of hydrogen-bond donors (Lipinski definition) is 0. The highest BCUT2D eigenvalue weighted by molar-refractivity contribution is 9.10. The van der Waals surface area contributed by atoms with E-state index in [-0.39, 0.29) is 11.6 Å². The Labute approximate surface area is 191 Å². The van der Waals surface area contributed by atoms with Crippen LogP contribution in [-0.2, 0) is 4.74 Å². The molecule has 0 radical (unpaired) electrons. The van der Waals surface area contributed by atoms with Gasteiger partial charge in [-0.2, -0.15) is 5.10 Å². The summed E-state index contributed by atoms with van der Waals surface area (Å²) < 4.78 is 24.8. The molecule has 1 fully saturated rings. The molecule has 164 valence electrons. The summed E-state index contributed by atoms with van der Waals surface area (Å²) in [6.45, 7) is 4.88. The Morgan fingerprint density at radius 3 is 2.71 bits per heavy atom. The predicted molar refractivity (Wildman–Crippen MR) is 122 cm³/mol. The highest BCUT2D eigenvalue weighted by Gasteiger charge is 2.54. The molecule has 2 atom stereocenters. The van der Waals surface area contributed by atoms with Crippen LogP contribution in [0.15, 0.2) is 46.0 Å². The smallest absolute Gasteiger partial charge is 0.203 e. The molecule has 5 rings (SSSR count). The lowest BCUT2D eigenvalue weighted by Gasteiger charge is -2.52. The second-order valence-corrected chi connectivity index (χ2v) is 9.86. The molecule has 3 aliphatic rings. The standard InChI is InChI=1S/C24H27BrN2O4/c1-23(2)14-24(9-10-30-23)27-20(18-11-15(25)5-8-21(18)31-24)13-19(26-27)17-7-6-16(28-3)12-22(17)29-4/h5-8,11-12,20H,9-10,13-14H2,1-4H3/t20-,24-/m0/s1. The fourth-order valence-corrected chi connectivity index (χ4v) is 5.40. The van der Waals surface area contributed by atoms with Gasteiger partial charge in [0.05, 0.1) is 38.2 Å². The lowest BCUT2D eigenvalue weighted by atomic mass is 9.86. The minimum atomic E-state index is -0.533. The van der Waals surface area contributed by atoms with Crippen molar-refractivity contribution in [3.8, 4) is 17.2 Å². The Morgan fingerprint density at radius 1 is 1.13 bits per heavy atom. The van der Waals surface area contributed by atoms with Crippen molar-refractivity contribution in [1.82, 2.24) is 5.01 Å². The zero-order valence-corrected chi connectivity index (χ0v) is 19.9. The minimum Gasteiger partial charge on any atom is -0.497 e. The Morgan fingerprint density at radius 2 is 1.97 bits per heavy atom. The summed E-state index contributed by atoms with van der Waals surface area (Å²) in [6.07, 6.45) is 2.28. The number of halogens is 1. The van der Waals surface area contributed by atoms with Gasteiger partial charge >= 0.3 is 0 Å². The van der Waals surface area contributed by atoms with Crippen LogP contribution in [0.3, 0.4) is 0 Å². The molecule has 3 heterocycles. The minimum absolute atomic E-state index is 0.0944. The molecule has 0 bridgehead atoms. The lowest BCUT2D eigenvalue weighted by molar-refractivity contribution is -0.212. The van der Waals surface area contributed by atoms with Crippen molar-refractivity contribution in [2.24, 2.45) is 5.10 Å². The summed E-state index contributed by atoms with van der Waals surface area (Å²) in [5, 5.41) is 7.33. The van der Waals surface area contributed by atoms with Crippen molar-refractivity contribution in [2.45, 2.75) is 50.5 Å². The Hall–Kier alpha value is -2.25. The average molecular weight is 487 g/mol. The number of ether oxygens (including phenoxy) is 4. The molecule has 0 aromatic heterocycles. The monoisotopic (exact) mass is 486 g/mol. The van der Waals surface area contributed by atoms with E-state index < -0.39 is 5.72 Å². The molecule has 1 saturated heterocycles. The van der Waals surface area contributed by atoms with Crippen LogP contribution in [0.25, 0.3) is 0 Å². The quantitative estimate of drug-likeness (QED) is 0.589. The zero-order chi connectivity index (χ0) is 21.8. The molecule has 7 heteroatoms. The first-order valence-corrected chi connectivity index (χ1v) is 11.4. The van der Waals surface area contributed by atoms with E-state index in [1.165, 1.54) is 0 Å². The number of hydrogen-bond acceptors (Lipinski definition) is 6. The largest absolute Gasteiger partial charge is 0.497 e. The highest BCUT2D eigenvalue weighted by Crippen LogP contribution is 2.52. The van der Waals surface area contributed by atoms with E-state index in [0.29, 0.717) is 6.61 Å². The maximum absolute atomic E-state index is 6.71. The first-order chi connectivity index (χ1) is 14.8. The van der Waals surface area contributed by atoms with Gasteiger partial charge in [-0.05, 0) is 44.2 Å². The third-order valence-electron chi connectivity index (χ3n) is 6.37. The van der Waals surface area contributed by atoms with Gasteiger partial charge in [0, 0.05) is 40.9 Å². The van der Waals surface area contributed by atoms with Gasteiger partial charge in [0.25, 0.3) is 0 Å². The first kappa shape index (κ1) is 20.6. The molecule has 0 amide bonds. The lowest BCUT2D eigenvalue weighted by Crippen LogP contribution is -2.60. The molecule has 31 heavy (non-hydrogen) atoms. The van der Waals surface area contributed by atoms with Crippen molar-refractivity contribution in [3.63, 3.8) is 0 Å². The van der Waals surface area contributed by atoms with E-state index >= 15 is 0 Å². The predicted octanol–water partition coefficient (Wildman–Crippen LogP) is 5.30. The Balaban J connectivity index is 1.62. The van der Waals surface area contributed by atoms with Crippen molar-refractivity contribution in [2.75, 3.05) is 20.8 Å². The molecule has 0 N–H and O–H groups in total. The molecule has 1 spiro atoms. The van der Waals surface area contributed by atoms with Crippen molar-refractivity contribution < 1.29 is 18.9 Å². The van der Waals surface area contributed by atoms with Gasteiger partial charge in [-0.15, -0.1) is 0 Å². The summed E-state index contributed by atoms with van der Waals surface area (Å²) in [5.41, 5.74) is 2.30. The number of fused-ring (bicyclic) bond motifs is 4. The summed E-state index contributed by atoms with van der Waals surface area (Å²) in [7, 11) is 3.34. The topological polar surface area (TPSA) is 52.5 Å². The molecule has 0 aliphatic carbocycles. The van der Waals surface area contributed by atoms with Crippen molar-refractivity contribution in [3.05, 3.63) is 52.0 Å². The summed E-state index contributed by atoms with van der Waals surface area (Å²) in [5.74, 6) is 2.45. The van der Waals surface area contributed by atoms with Gasteiger partial charge in [0.2, 0.25) is 5.72 Å². The summed E-state index contributed by atoms with van der Waals surface area (Å²) in [6, 6.07) is 12.2. The maximum Gasteiger partial charge on any atom is 0.203 e. The van der Waals surface area contributed by atoms with E-state index in [0.717, 1.165) is 57.8 Å². The van der Waals surface area contributed by atoms with Crippen LogP contribution in [0.1, 0.15) is 50.3 Å². The van der Waals surface area contributed by atoms with Crippen LogP contribution >= 0.6 is 15.9 Å². The van der Waals surface area contributed by atoms with Gasteiger partial charge in [0.1, 0.15) is 17.2 Å². The van der Waals surface area contributed by atoms with Gasteiger partial charge in [-0.25, -0.2) is 5.01 Å². The molecule has 3 aliphatic heterocycles. The molecule has 6 nitrogen and oxygen atoms in total. The van der Waals surface area contributed by atoms with Gasteiger partial charge < -0.3 is 18.9 Å². The SMILES string of the molecule is COc1ccc(C2=NN3[C@@H](C2)c2cc(Br)ccc2O[C@]32CCOC(C)(C)C2)c(OC)c1. The molecular formula is C24H27BrN2O4.